The van der Waals surface area contributed by atoms with E-state index in [2.05, 4.69) is 15.9 Å². The Labute approximate surface area is 90.8 Å². The van der Waals surface area contributed by atoms with E-state index < -0.39 is 5.97 Å². The Balaban J connectivity index is 2.63. The Morgan fingerprint density at radius 3 is 2.50 bits per heavy atom. The maximum Gasteiger partial charge on any atom is 0.307 e. The summed E-state index contributed by atoms with van der Waals surface area (Å²) in [5.74, 6) is -0.101. The highest BCUT2D eigenvalue weighted by molar-refractivity contribution is 9.09. The highest BCUT2D eigenvalue weighted by Crippen LogP contribution is 2.15. The van der Waals surface area contributed by atoms with Gasteiger partial charge in [0.1, 0.15) is 5.75 Å². The van der Waals surface area contributed by atoms with Crippen molar-refractivity contribution in [1.82, 2.24) is 0 Å². The Kier molecular flexibility index (Phi) is 3.95. The molecule has 1 unspecified atom stereocenters. The molecule has 0 fully saturated rings. The summed E-state index contributed by atoms with van der Waals surface area (Å²) in [6, 6.07) is 7.02. The second-order valence-corrected chi connectivity index (χ2v) is 4.16. The molecule has 1 aromatic carbocycles. The van der Waals surface area contributed by atoms with Gasteiger partial charge in [0.15, 0.2) is 5.01 Å². The predicted octanol–water partition coefficient (Wildman–Crippen LogP) is 2.43. The molecular formula is C10H11BrO3. The highest BCUT2D eigenvalue weighted by Gasteiger charge is 2.01. The summed E-state index contributed by atoms with van der Waals surface area (Å²) in [7, 11) is 0. The van der Waals surface area contributed by atoms with Crippen LogP contribution in [-0.4, -0.2) is 16.1 Å². The molecule has 0 saturated carbocycles. The van der Waals surface area contributed by atoms with Gasteiger partial charge in [0.25, 0.3) is 0 Å². The average molecular weight is 259 g/mol. The lowest BCUT2D eigenvalue weighted by Crippen LogP contribution is -2.02. The van der Waals surface area contributed by atoms with E-state index in [9.17, 15) is 4.79 Å². The minimum Gasteiger partial charge on any atom is -0.481 e. The number of carboxylic acids is 1. The van der Waals surface area contributed by atoms with Crippen molar-refractivity contribution < 1.29 is 14.6 Å². The van der Waals surface area contributed by atoms with E-state index >= 15 is 0 Å². The van der Waals surface area contributed by atoms with Gasteiger partial charge in [-0.2, -0.15) is 0 Å². The molecule has 0 radical (unpaired) electrons. The molecule has 76 valence electrons. The second kappa shape index (κ2) is 5.00. The third-order valence-electron chi connectivity index (χ3n) is 1.58. The summed E-state index contributed by atoms with van der Waals surface area (Å²) in [5, 5.41) is 8.49. The molecule has 0 amide bonds. The van der Waals surface area contributed by atoms with Crippen molar-refractivity contribution in [2.75, 3.05) is 0 Å². The molecule has 1 N–H and O–H groups in total. The number of carbonyl (C=O) groups is 1. The molecule has 14 heavy (non-hydrogen) atoms. The number of carboxylic acid groups (broad SMARTS) is 1. The van der Waals surface area contributed by atoms with Crippen LogP contribution in [0, 0.1) is 0 Å². The fraction of sp³-hybridized carbons (Fsp3) is 0.300. The van der Waals surface area contributed by atoms with Gasteiger partial charge in [0.05, 0.1) is 6.42 Å². The Morgan fingerprint density at radius 1 is 1.50 bits per heavy atom. The van der Waals surface area contributed by atoms with E-state index in [0.717, 1.165) is 11.3 Å². The first-order valence-corrected chi connectivity index (χ1v) is 5.11. The topological polar surface area (TPSA) is 46.5 Å². The maximum atomic E-state index is 10.4. The fourth-order valence-corrected chi connectivity index (χ4v) is 1.26. The number of benzene rings is 1. The summed E-state index contributed by atoms with van der Waals surface area (Å²) >= 11 is 3.25. The molecule has 4 heteroatoms. The number of halogens is 1. The predicted molar refractivity (Wildman–Crippen MR) is 56.8 cm³/mol. The monoisotopic (exact) mass is 258 g/mol. The van der Waals surface area contributed by atoms with Crippen LogP contribution >= 0.6 is 15.9 Å². The number of hydrogen-bond donors (Lipinski definition) is 1. The van der Waals surface area contributed by atoms with E-state index in [1.165, 1.54) is 0 Å². The highest BCUT2D eigenvalue weighted by atomic mass is 79.9. The molecular weight excluding hydrogens is 248 g/mol. The van der Waals surface area contributed by atoms with Crippen molar-refractivity contribution >= 4 is 21.9 Å². The van der Waals surface area contributed by atoms with Crippen molar-refractivity contribution in [2.45, 2.75) is 18.4 Å². The lowest BCUT2D eigenvalue weighted by atomic mass is 10.1. The van der Waals surface area contributed by atoms with Crippen LogP contribution in [0.2, 0.25) is 0 Å². The van der Waals surface area contributed by atoms with Gasteiger partial charge in [0, 0.05) is 0 Å². The van der Waals surface area contributed by atoms with Gasteiger partial charge >= 0.3 is 5.97 Å². The molecule has 0 bridgehead atoms. The largest absolute Gasteiger partial charge is 0.481 e. The van der Waals surface area contributed by atoms with Gasteiger partial charge in [-0.1, -0.05) is 12.1 Å². The third kappa shape index (κ3) is 3.79. The van der Waals surface area contributed by atoms with E-state index in [1.807, 2.05) is 6.92 Å². The molecule has 0 aliphatic heterocycles. The van der Waals surface area contributed by atoms with Crippen LogP contribution in [0.25, 0.3) is 0 Å². The molecule has 0 spiro atoms. The Hall–Kier alpha value is -1.03. The normalized spacial score (nSPS) is 12.1. The minimum absolute atomic E-state index is 0.0458. The summed E-state index contributed by atoms with van der Waals surface area (Å²) in [6.07, 6.45) is 0.0458. The molecule has 1 rings (SSSR count). The Morgan fingerprint density at radius 2 is 2.07 bits per heavy atom. The van der Waals surface area contributed by atoms with E-state index in [1.54, 1.807) is 24.3 Å². The lowest BCUT2D eigenvalue weighted by molar-refractivity contribution is -0.136. The van der Waals surface area contributed by atoms with Gasteiger partial charge in [-0.25, -0.2) is 0 Å². The number of ether oxygens (including phenoxy) is 1. The first kappa shape index (κ1) is 11.0. The van der Waals surface area contributed by atoms with E-state index in [-0.39, 0.29) is 11.4 Å². The van der Waals surface area contributed by atoms with Crippen LogP contribution < -0.4 is 4.74 Å². The van der Waals surface area contributed by atoms with Crippen LogP contribution in [0.15, 0.2) is 24.3 Å². The van der Waals surface area contributed by atoms with Gasteiger partial charge in [-0.05, 0) is 40.5 Å². The number of rotatable bonds is 4. The molecule has 0 aromatic heterocycles. The van der Waals surface area contributed by atoms with Crippen molar-refractivity contribution in [3.8, 4) is 5.75 Å². The number of aliphatic carboxylic acids is 1. The lowest BCUT2D eigenvalue weighted by Gasteiger charge is -2.08. The van der Waals surface area contributed by atoms with Gasteiger partial charge < -0.3 is 9.84 Å². The van der Waals surface area contributed by atoms with Gasteiger partial charge in [0.2, 0.25) is 0 Å². The zero-order valence-electron chi connectivity index (χ0n) is 7.74. The SMILES string of the molecule is CC(Br)Oc1ccc(CC(=O)O)cc1. The Bertz CT molecular complexity index is 306. The first-order valence-electron chi connectivity index (χ1n) is 4.19. The first-order chi connectivity index (χ1) is 6.58. The maximum absolute atomic E-state index is 10.4. The summed E-state index contributed by atoms with van der Waals surface area (Å²) in [6.45, 7) is 1.87. The zero-order chi connectivity index (χ0) is 10.6. The van der Waals surface area contributed by atoms with Crippen LogP contribution in [0.1, 0.15) is 12.5 Å². The van der Waals surface area contributed by atoms with E-state index in [4.69, 9.17) is 9.84 Å². The summed E-state index contributed by atoms with van der Waals surface area (Å²) < 4.78 is 5.34. The summed E-state index contributed by atoms with van der Waals surface area (Å²) in [5.41, 5.74) is 0.770. The van der Waals surface area contributed by atoms with E-state index in [0.29, 0.717) is 0 Å². The van der Waals surface area contributed by atoms with Crippen molar-refractivity contribution in [2.24, 2.45) is 0 Å². The number of alkyl halides is 1. The zero-order valence-corrected chi connectivity index (χ0v) is 9.32. The molecule has 1 aromatic rings. The average Bonchev–Trinajstić information content (AvgIpc) is 2.06. The third-order valence-corrected chi connectivity index (χ3v) is 1.76. The van der Waals surface area contributed by atoms with Crippen LogP contribution in [-0.2, 0) is 11.2 Å². The van der Waals surface area contributed by atoms with Crippen molar-refractivity contribution in [3.63, 3.8) is 0 Å². The van der Waals surface area contributed by atoms with Gasteiger partial charge in [-0.3, -0.25) is 4.79 Å². The second-order valence-electron chi connectivity index (χ2n) is 2.88. The van der Waals surface area contributed by atoms with Crippen molar-refractivity contribution in [1.29, 1.82) is 0 Å². The molecule has 0 aliphatic carbocycles. The van der Waals surface area contributed by atoms with Crippen molar-refractivity contribution in [3.05, 3.63) is 29.8 Å². The molecule has 1 atom stereocenters. The standard InChI is InChI=1S/C10H11BrO3/c1-7(11)14-9-4-2-8(3-5-9)6-10(12)13/h2-5,7H,6H2,1H3,(H,12,13). The molecule has 0 saturated heterocycles. The number of hydrogen-bond acceptors (Lipinski definition) is 2. The molecule has 0 aliphatic rings. The van der Waals surface area contributed by atoms with Crippen LogP contribution in [0.3, 0.4) is 0 Å². The molecule has 3 nitrogen and oxygen atoms in total. The van der Waals surface area contributed by atoms with Crippen LogP contribution in [0.4, 0.5) is 0 Å². The summed E-state index contributed by atoms with van der Waals surface area (Å²) in [4.78, 5) is 10.4. The smallest absolute Gasteiger partial charge is 0.307 e. The van der Waals surface area contributed by atoms with Gasteiger partial charge in [-0.15, -0.1) is 0 Å². The minimum atomic E-state index is -0.826. The fourth-order valence-electron chi connectivity index (χ4n) is 1.05. The molecule has 0 heterocycles. The van der Waals surface area contributed by atoms with Crippen LogP contribution in [0.5, 0.6) is 5.75 Å². The quantitative estimate of drug-likeness (QED) is 0.844.